The number of rotatable bonds is 4. The second-order valence-electron chi connectivity index (χ2n) is 4.99. The molecule has 18 heavy (non-hydrogen) atoms. The van der Waals surface area contributed by atoms with Crippen LogP contribution in [0.1, 0.15) is 36.6 Å². The molecule has 0 radical (unpaired) electrons. The first-order chi connectivity index (χ1) is 8.58. The summed E-state index contributed by atoms with van der Waals surface area (Å²) in [4.78, 5) is 4.25. The highest BCUT2D eigenvalue weighted by atomic mass is 79.9. The first-order valence-corrected chi connectivity index (χ1v) is 7.11. The van der Waals surface area contributed by atoms with Crippen LogP contribution in [0.5, 0.6) is 0 Å². The van der Waals surface area contributed by atoms with E-state index in [0.29, 0.717) is 5.92 Å². The lowest BCUT2D eigenvalue weighted by atomic mass is 10.00. The fraction of sp³-hybridized carbons (Fsp3) is 0.400. The zero-order valence-corrected chi connectivity index (χ0v) is 12.7. The van der Waals surface area contributed by atoms with Gasteiger partial charge < -0.3 is 4.57 Å². The molecule has 0 aliphatic carbocycles. The van der Waals surface area contributed by atoms with E-state index >= 15 is 0 Å². The third-order valence-electron chi connectivity index (χ3n) is 3.31. The molecule has 0 amide bonds. The van der Waals surface area contributed by atoms with Crippen molar-refractivity contribution in [2.75, 3.05) is 0 Å². The Morgan fingerprint density at radius 2 is 1.83 bits per heavy atom. The van der Waals surface area contributed by atoms with E-state index in [2.05, 4.69) is 63.6 Å². The van der Waals surface area contributed by atoms with Crippen LogP contribution in [0.3, 0.4) is 0 Å². The zero-order chi connectivity index (χ0) is 13.1. The monoisotopic (exact) mass is 306 g/mol. The largest absolute Gasteiger partial charge is 0.337 e. The van der Waals surface area contributed by atoms with Crippen molar-refractivity contribution in [1.29, 1.82) is 0 Å². The highest BCUT2D eigenvalue weighted by Crippen LogP contribution is 2.18. The summed E-state index contributed by atoms with van der Waals surface area (Å²) in [6.07, 6.45) is 3.91. The molecule has 1 aromatic heterocycles. The van der Waals surface area contributed by atoms with Crippen LogP contribution in [0.15, 0.2) is 35.2 Å². The molecule has 0 N–H and O–H groups in total. The lowest BCUT2D eigenvalue weighted by molar-refractivity contribution is 0.794. The molecule has 2 rings (SSSR count). The molecule has 96 valence electrons. The molecule has 0 bridgehead atoms. The number of aromatic nitrogens is 2. The number of nitrogens with zero attached hydrogens (tertiary/aromatic N) is 2. The molecular formula is C15H19BrN2. The maximum absolute atomic E-state index is 4.25. The summed E-state index contributed by atoms with van der Waals surface area (Å²) in [5, 5.41) is 0. The smallest absolute Gasteiger partial charge is 0.127 e. The van der Waals surface area contributed by atoms with Gasteiger partial charge in [0.2, 0.25) is 0 Å². The van der Waals surface area contributed by atoms with Crippen LogP contribution in [0, 0.1) is 0 Å². The van der Waals surface area contributed by atoms with Gasteiger partial charge in [-0.2, -0.15) is 0 Å². The molecule has 0 atom stereocenters. The molecule has 1 heterocycles. The van der Waals surface area contributed by atoms with Crippen LogP contribution in [0.25, 0.3) is 0 Å². The van der Waals surface area contributed by atoms with E-state index in [1.54, 1.807) is 0 Å². The standard InChI is InChI=1S/C15H19BrN2/c1-11(2)13-7-4-12(5-8-13)6-9-14-15(16)17-10-18(14)3/h4-5,7-8,10-11H,6,9H2,1-3H3. The summed E-state index contributed by atoms with van der Waals surface area (Å²) < 4.78 is 3.04. The van der Waals surface area contributed by atoms with Gasteiger partial charge in [0, 0.05) is 7.05 Å². The average molecular weight is 307 g/mol. The molecule has 0 saturated heterocycles. The van der Waals surface area contributed by atoms with Gasteiger partial charge >= 0.3 is 0 Å². The van der Waals surface area contributed by atoms with E-state index in [4.69, 9.17) is 0 Å². The average Bonchev–Trinajstić information content (AvgIpc) is 2.67. The van der Waals surface area contributed by atoms with Crippen LogP contribution in [-0.2, 0) is 19.9 Å². The van der Waals surface area contributed by atoms with Gasteiger partial charge in [0.25, 0.3) is 0 Å². The molecule has 0 saturated carbocycles. The lowest BCUT2D eigenvalue weighted by Crippen LogP contribution is -1.99. The van der Waals surface area contributed by atoms with Gasteiger partial charge in [0.05, 0.1) is 12.0 Å². The number of hydrogen-bond acceptors (Lipinski definition) is 1. The van der Waals surface area contributed by atoms with E-state index < -0.39 is 0 Å². The van der Waals surface area contributed by atoms with Gasteiger partial charge in [0.1, 0.15) is 4.60 Å². The Balaban J connectivity index is 2.02. The predicted molar refractivity (Wildman–Crippen MR) is 78.8 cm³/mol. The maximum Gasteiger partial charge on any atom is 0.127 e. The minimum atomic E-state index is 0.602. The Morgan fingerprint density at radius 1 is 1.17 bits per heavy atom. The molecule has 1 aromatic carbocycles. The maximum atomic E-state index is 4.25. The lowest BCUT2D eigenvalue weighted by Gasteiger charge is -2.07. The van der Waals surface area contributed by atoms with Crippen LogP contribution in [0.4, 0.5) is 0 Å². The Labute approximate surface area is 117 Å². The molecule has 0 aliphatic rings. The molecule has 0 unspecified atom stereocenters. The van der Waals surface area contributed by atoms with Gasteiger partial charge in [-0.15, -0.1) is 0 Å². The summed E-state index contributed by atoms with van der Waals surface area (Å²) in [7, 11) is 2.04. The first-order valence-electron chi connectivity index (χ1n) is 6.32. The van der Waals surface area contributed by atoms with Gasteiger partial charge in [-0.25, -0.2) is 4.98 Å². The highest BCUT2D eigenvalue weighted by molar-refractivity contribution is 9.10. The van der Waals surface area contributed by atoms with Crippen molar-refractivity contribution in [3.8, 4) is 0 Å². The normalized spacial score (nSPS) is 11.2. The van der Waals surface area contributed by atoms with Crippen molar-refractivity contribution in [2.24, 2.45) is 7.05 Å². The minimum absolute atomic E-state index is 0.602. The number of imidazole rings is 1. The molecule has 2 nitrogen and oxygen atoms in total. The van der Waals surface area contributed by atoms with E-state index in [1.165, 1.54) is 16.8 Å². The quantitative estimate of drug-likeness (QED) is 0.832. The van der Waals surface area contributed by atoms with Crippen molar-refractivity contribution in [3.05, 3.63) is 52.0 Å². The van der Waals surface area contributed by atoms with Crippen LogP contribution in [0.2, 0.25) is 0 Å². The third-order valence-corrected chi connectivity index (χ3v) is 3.97. The molecule has 0 fully saturated rings. The fourth-order valence-corrected chi connectivity index (χ4v) is 2.61. The highest BCUT2D eigenvalue weighted by Gasteiger charge is 2.06. The Hall–Kier alpha value is -1.09. The van der Waals surface area contributed by atoms with Gasteiger partial charge in [-0.1, -0.05) is 38.1 Å². The third kappa shape index (κ3) is 3.02. The van der Waals surface area contributed by atoms with E-state index in [9.17, 15) is 0 Å². The molecule has 0 aliphatic heterocycles. The van der Waals surface area contributed by atoms with Gasteiger partial charge in [-0.3, -0.25) is 0 Å². The summed E-state index contributed by atoms with van der Waals surface area (Å²) in [5.41, 5.74) is 4.04. The summed E-state index contributed by atoms with van der Waals surface area (Å²) in [6, 6.07) is 8.94. The summed E-state index contributed by atoms with van der Waals surface area (Å²) in [5.74, 6) is 0.602. The van der Waals surface area contributed by atoms with Crippen molar-refractivity contribution in [2.45, 2.75) is 32.6 Å². The number of halogens is 1. The topological polar surface area (TPSA) is 17.8 Å². The summed E-state index contributed by atoms with van der Waals surface area (Å²) >= 11 is 3.49. The van der Waals surface area contributed by atoms with E-state index in [1.807, 2.05) is 13.4 Å². The fourth-order valence-electron chi connectivity index (χ4n) is 2.04. The van der Waals surface area contributed by atoms with Crippen molar-refractivity contribution in [1.82, 2.24) is 9.55 Å². The van der Waals surface area contributed by atoms with Crippen LogP contribution >= 0.6 is 15.9 Å². The van der Waals surface area contributed by atoms with Gasteiger partial charge in [-0.05, 0) is 45.8 Å². The Kier molecular flexibility index (Phi) is 4.23. The molecule has 0 spiro atoms. The number of aryl methyl sites for hydroxylation is 2. The van der Waals surface area contributed by atoms with Crippen molar-refractivity contribution < 1.29 is 0 Å². The van der Waals surface area contributed by atoms with Crippen LogP contribution in [-0.4, -0.2) is 9.55 Å². The summed E-state index contributed by atoms with van der Waals surface area (Å²) in [6.45, 7) is 4.45. The minimum Gasteiger partial charge on any atom is -0.337 e. The van der Waals surface area contributed by atoms with E-state index in [0.717, 1.165) is 17.4 Å². The molecule has 3 heteroatoms. The molecular weight excluding hydrogens is 288 g/mol. The number of benzene rings is 1. The van der Waals surface area contributed by atoms with Crippen molar-refractivity contribution >= 4 is 15.9 Å². The second-order valence-corrected chi connectivity index (χ2v) is 5.74. The van der Waals surface area contributed by atoms with Crippen LogP contribution < -0.4 is 0 Å². The molecule has 2 aromatic rings. The van der Waals surface area contributed by atoms with Crippen molar-refractivity contribution in [3.63, 3.8) is 0 Å². The predicted octanol–water partition coefficient (Wildman–Crippen LogP) is 4.09. The van der Waals surface area contributed by atoms with E-state index in [-0.39, 0.29) is 0 Å². The zero-order valence-electron chi connectivity index (χ0n) is 11.2. The Bertz CT molecular complexity index is 492. The van der Waals surface area contributed by atoms with Gasteiger partial charge in [0.15, 0.2) is 0 Å². The first kappa shape index (κ1) is 13.3. The second kappa shape index (κ2) is 5.70. The SMILES string of the molecule is CC(C)c1ccc(CCc2c(Br)ncn2C)cc1. The Morgan fingerprint density at radius 3 is 2.33 bits per heavy atom. The number of hydrogen-bond donors (Lipinski definition) is 0.